The van der Waals surface area contributed by atoms with Gasteiger partial charge in [0, 0.05) is 24.4 Å². The Hall–Kier alpha value is -3.29. The number of nitrogens with one attached hydrogen (secondary N) is 1. The molecule has 1 aliphatic rings. The van der Waals surface area contributed by atoms with Gasteiger partial charge in [0.25, 0.3) is 5.91 Å². The highest BCUT2D eigenvalue weighted by molar-refractivity contribution is 6.06. The van der Waals surface area contributed by atoms with Gasteiger partial charge in [-0.1, -0.05) is 18.2 Å². The van der Waals surface area contributed by atoms with Crippen molar-refractivity contribution in [3.8, 4) is 5.75 Å². The fourth-order valence-electron chi connectivity index (χ4n) is 2.77. The molecule has 1 heterocycles. The molecule has 0 bridgehead atoms. The third-order valence-corrected chi connectivity index (χ3v) is 4.44. The zero-order valence-electron chi connectivity index (χ0n) is 16.0. The number of nitrogens with zero attached hydrogens (tertiary/aromatic N) is 1. The molecule has 3 rings (SSSR count). The molecule has 29 heavy (non-hydrogen) atoms. The van der Waals surface area contributed by atoms with Crippen molar-refractivity contribution in [2.75, 3.05) is 17.3 Å². The van der Waals surface area contributed by atoms with Crippen LogP contribution in [0, 0.1) is 0 Å². The van der Waals surface area contributed by atoms with Crippen molar-refractivity contribution in [2.45, 2.75) is 25.6 Å². The molecule has 0 fully saturated rings. The van der Waals surface area contributed by atoms with E-state index >= 15 is 0 Å². The van der Waals surface area contributed by atoms with Gasteiger partial charge >= 0.3 is 12.1 Å². The van der Waals surface area contributed by atoms with Crippen LogP contribution in [0.1, 0.15) is 29.8 Å². The number of benzene rings is 2. The summed E-state index contributed by atoms with van der Waals surface area (Å²) in [5, 5.41) is 3.08. The van der Waals surface area contributed by atoms with Crippen LogP contribution in [0.5, 0.6) is 5.75 Å². The second-order valence-corrected chi connectivity index (χ2v) is 7.18. The Bertz CT molecular complexity index is 980. The third-order valence-electron chi connectivity index (χ3n) is 4.44. The van der Waals surface area contributed by atoms with Crippen molar-refractivity contribution in [1.29, 1.82) is 0 Å². The minimum Gasteiger partial charge on any atom is -0.423 e. The van der Waals surface area contributed by atoms with Crippen LogP contribution in [0.15, 0.2) is 48.5 Å². The van der Waals surface area contributed by atoms with Gasteiger partial charge in [0.1, 0.15) is 5.54 Å². The highest BCUT2D eigenvalue weighted by Gasteiger charge is 2.35. The number of rotatable bonds is 3. The molecule has 1 N–H and O–H groups in total. The number of ether oxygens (including phenoxy) is 1. The summed E-state index contributed by atoms with van der Waals surface area (Å²) in [6, 6.07) is 10.8. The maximum absolute atomic E-state index is 12.7. The smallest absolute Gasteiger partial charge is 0.409 e. The quantitative estimate of drug-likeness (QED) is 0.598. The van der Waals surface area contributed by atoms with E-state index in [1.807, 2.05) is 0 Å². The number of allylic oxidation sites excluding steroid dienone is 1. The predicted molar refractivity (Wildman–Crippen MR) is 104 cm³/mol. The summed E-state index contributed by atoms with van der Waals surface area (Å²) in [4.78, 5) is 26.1. The van der Waals surface area contributed by atoms with Gasteiger partial charge in [0.05, 0.1) is 5.69 Å². The van der Waals surface area contributed by atoms with Gasteiger partial charge in [-0.3, -0.25) is 4.79 Å². The summed E-state index contributed by atoms with van der Waals surface area (Å²) in [6.07, 6.45) is -3.31. The van der Waals surface area contributed by atoms with Crippen LogP contribution in [-0.4, -0.2) is 30.6 Å². The average molecular weight is 404 g/mol. The Kier molecular flexibility index (Phi) is 5.13. The summed E-state index contributed by atoms with van der Waals surface area (Å²) in [5.74, 6) is -0.357. The lowest BCUT2D eigenvalue weighted by Crippen LogP contribution is -2.46. The first-order valence-electron chi connectivity index (χ1n) is 8.75. The number of anilines is 2. The SMILES string of the molecule is CN(C(=O)c1ccc(C=CC(F)(F)F)cc1)c1ccc2c(c1)NC(C)(C)C(=O)O2. The monoisotopic (exact) mass is 404 g/mol. The molecule has 0 unspecified atom stereocenters. The maximum Gasteiger partial charge on any atom is 0.409 e. The zero-order chi connectivity index (χ0) is 21.4. The van der Waals surface area contributed by atoms with E-state index in [2.05, 4.69) is 5.32 Å². The first-order valence-corrected chi connectivity index (χ1v) is 8.75. The van der Waals surface area contributed by atoms with E-state index in [0.29, 0.717) is 28.3 Å². The Labute approximate surface area is 165 Å². The van der Waals surface area contributed by atoms with Crippen LogP contribution in [0.4, 0.5) is 24.5 Å². The molecule has 0 saturated carbocycles. The van der Waals surface area contributed by atoms with Crippen molar-refractivity contribution >= 4 is 29.3 Å². The normalized spacial score (nSPS) is 15.4. The van der Waals surface area contributed by atoms with Crippen LogP contribution in [0.25, 0.3) is 6.08 Å². The van der Waals surface area contributed by atoms with Crippen LogP contribution in [0.2, 0.25) is 0 Å². The van der Waals surface area contributed by atoms with E-state index < -0.39 is 17.7 Å². The Morgan fingerprint density at radius 1 is 1.14 bits per heavy atom. The standard InChI is InChI=1S/C21H19F3N2O3/c1-20(2)19(28)29-17-9-8-15(12-16(17)25-20)26(3)18(27)14-6-4-13(5-7-14)10-11-21(22,23)24/h4-12,25H,1-3H3. The molecular weight excluding hydrogens is 385 g/mol. The van der Waals surface area contributed by atoms with Gasteiger partial charge in [0.2, 0.25) is 0 Å². The topological polar surface area (TPSA) is 58.6 Å². The fourth-order valence-corrected chi connectivity index (χ4v) is 2.77. The van der Waals surface area contributed by atoms with Gasteiger partial charge in [-0.25, -0.2) is 4.79 Å². The molecule has 5 nitrogen and oxygen atoms in total. The number of esters is 1. The predicted octanol–water partition coefficient (Wildman–Crippen LogP) is 4.65. The van der Waals surface area contributed by atoms with Crippen LogP contribution in [-0.2, 0) is 4.79 Å². The highest BCUT2D eigenvalue weighted by Crippen LogP contribution is 2.36. The van der Waals surface area contributed by atoms with Crippen molar-refractivity contribution in [2.24, 2.45) is 0 Å². The molecule has 1 amide bonds. The van der Waals surface area contributed by atoms with Gasteiger partial charge in [-0.2, -0.15) is 13.2 Å². The first kappa shape index (κ1) is 20.4. The molecule has 0 aliphatic carbocycles. The average Bonchev–Trinajstić information content (AvgIpc) is 2.65. The van der Waals surface area contributed by atoms with Gasteiger partial charge in [-0.05, 0) is 49.7 Å². The van der Waals surface area contributed by atoms with Crippen LogP contribution in [0.3, 0.4) is 0 Å². The molecule has 0 aromatic heterocycles. The van der Waals surface area contributed by atoms with Gasteiger partial charge in [-0.15, -0.1) is 0 Å². The number of hydrogen-bond donors (Lipinski definition) is 1. The van der Waals surface area contributed by atoms with Crippen molar-refractivity contribution in [1.82, 2.24) is 0 Å². The number of carbonyl (C=O) groups is 2. The molecule has 0 radical (unpaired) electrons. The molecule has 2 aromatic carbocycles. The summed E-state index contributed by atoms with van der Waals surface area (Å²) in [6.45, 7) is 3.38. The summed E-state index contributed by atoms with van der Waals surface area (Å²) in [5.41, 5.74) is 0.918. The number of carbonyl (C=O) groups excluding carboxylic acids is 2. The minimum atomic E-state index is -4.39. The summed E-state index contributed by atoms with van der Waals surface area (Å²) in [7, 11) is 1.58. The maximum atomic E-state index is 12.7. The van der Waals surface area contributed by atoms with Crippen LogP contribution < -0.4 is 15.0 Å². The number of hydrogen-bond acceptors (Lipinski definition) is 4. The van der Waals surface area contributed by atoms with E-state index in [4.69, 9.17) is 4.74 Å². The minimum absolute atomic E-state index is 0.143. The lowest BCUT2D eigenvalue weighted by Gasteiger charge is -2.32. The lowest BCUT2D eigenvalue weighted by molar-refractivity contribution is -0.139. The largest absolute Gasteiger partial charge is 0.423 e. The number of halogens is 3. The molecule has 152 valence electrons. The Balaban J connectivity index is 1.79. The Morgan fingerprint density at radius 3 is 2.41 bits per heavy atom. The van der Waals surface area contributed by atoms with E-state index in [1.54, 1.807) is 39.1 Å². The van der Waals surface area contributed by atoms with Crippen LogP contribution >= 0.6 is 0 Å². The summed E-state index contributed by atoms with van der Waals surface area (Å²) < 4.78 is 42.1. The summed E-state index contributed by atoms with van der Waals surface area (Å²) >= 11 is 0. The highest BCUT2D eigenvalue weighted by atomic mass is 19.4. The second-order valence-electron chi connectivity index (χ2n) is 7.18. The Morgan fingerprint density at radius 2 is 1.79 bits per heavy atom. The molecular formula is C21H19F3N2O3. The molecule has 0 atom stereocenters. The molecule has 8 heteroatoms. The zero-order valence-corrected chi connectivity index (χ0v) is 16.0. The first-order chi connectivity index (χ1) is 13.5. The third kappa shape index (κ3) is 4.59. The number of fused-ring (bicyclic) bond motifs is 1. The van der Waals surface area contributed by atoms with E-state index in [1.165, 1.54) is 29.2 Å². The molecule has 2 aromatic rings. The molecule has 0 spiro atoms. The van der Waals surface area contributed by atoms with Gasteiger partial charge < -0.3 is 15.0 Å². The van der Waals surface area contributed by atoms with Crippen molar-refractivity contribution < 1.29 is 27.5 Å². The molecule has 1 aliphatic heterocycles. The van der Waals surface area contributed by atoms with E-state index in [0.717, 1.165) is 6.08 Å². The molecule has 0 saturated heterocycles. The van der Waals surface area contributed by atoms with E-state index in [9.17, 15) is 22.8 Å². The van der Waals surface area contributed by atoms with Crippen molar-refractivity contribution in [3.05, 3.63) is 59.7 Å². The number of alkyl halides is 3. The number of amides is 1. The second kappa shape index (κ2) is 7.27. The van der Waals surface area contributed by atoms with Crippen molar-refractivity contribution in [3.63, 3.8) is 0 Å². The van der Waals surface area contributed by atoms with Gasteiger partial charge in [0.15, 0.2) is 5.75 Å². The fraction of sp³-hybridized carbons (Fsp3) is 0.238. The van der Waals surface area contributed by atoms with E-state index in [-0.39, 0.29) is 12.0 Å². The lowest BCUT2D eigenvalue weighted by atomic mass is 10.0.